The predicted octanol–water partition coefficient (Wildman–Crippen LogP) is 3.94. The van der Waals surface area contributed by atoms with Crippen LogP contribution in [0.5, 0.6) is 0 Å². The highest BCUT2D eigenvalue weighted by Crippen LogP contribution is 2.27. The molecule has 1 aromatic heterocycles. The Morgan fingerprint density at radius 1 is 1.11 bits per heavy atom. The molecular formula is C28H25N5O3S. The highest BCUT2D eigenvalue weighted by atomic mass is 32.2. The van der Waals surface area contributed by atoms with Gasteiger partial charge in [-0.25, -0.2) is 13.4 Å². The number of pyridine rings is 1. The number of nitrogens with one attached hydrogen (secondary N) is 1. The first-order valence-electron chi connectivity index (χ1n) is 11.9. The molecule has 8 nitrogen and oxygen atoms in total. The fourth-order valence-electron chi connectivity index (χ4n) is 4.71. The van der Waals surface area contributed by atoms with E-state index in [1.165, 1.54) is 4.31 Å². The van der Waals surface area contributed by atoms with E-state index < -0.39 is 22.0 Å². The van der Waals surface area contributed by atoms with Crippen molar-refractivity contribution in [2.75, 3.05) is 23.3 Å². The molecule has 0 aliphatic carbocycles. The monoisotopic (exact) mass is 511 g/mol. The number of nitrogen functional groups attached to an aromatic ring is 1. The van der Waals surface area contributed by atoms with Crippen LogP contribution in [0.1, 0.15) is 17.5 Å². The van der Waals surface area contributed by atoms with E-state index in [9.17, 15) is 18.5 Å². The molecule has 0 radical (unpaired) electrons. The van der Waals surface area contributed by atoms with Crippen molar-refractivity contribution in [3.8, 4) is 17.2 Å². The highest BCUT2D eigenvalue weighted by Gasteiger charge is 2.38. The Labute approximate surface area is 215 Å². The molecule has 1 saturated heterocycles. The summed E-state index contributed by atoms with van der Waals surface area (Å²) in [5.41, 5.74) is 9.57. The third kappa shape index (κ3) is 5.03. The van der Waals surface area contributed by atoms with Crippen LogP contribution in [-0.2, 0) is 21.2 Å². The van der Waals surface area contributed by atoms with Crippen molar-refractivity contribution in [3.05, 3.63) is 90.1 Å². The first-order chi connectivity index (χ1) is 17.9. The van der Waals surface area contributed by atoms with Gasteiger partial charge in [-0.1, -0.05) is 42.5 Å². The van der Waals surface area contributed by atoms with Gasteiger partial charge in [0.2, 0.25) is 15.9 Å². The molecule has 4 aromatic rings. The lowest BCUT2D eigenvalue weighted by molar-refractivity contribution is -0.119. The molecule has 9 heteroatoms. The molecular weight excluding hydrogens is 486 g/mol. The van der Waals surface area contributed by atoms with Gasteiger partial charge in [-0.2, -0.15) is 9.57 Å². The minimum Gasteiger partial charge on any atom is -0.383 e. The van der Waals surface area contributed by atoms with Gasteiger partial charge in [0.15, 0.2) is 0 Å². The van der Waals surface area contributed by atoms with Gasteiger partial charge in [0.1, 0.15) is 11.9 Å². The Balaban J connectivity index is 1.42. The Bertz CT molecular complexity index is 1630. The van der Waals surface area contributed by atoms with Gasteiger partial charge in [-0.05, 0) is 65.3 Å². The summed E-state index contributed by atoms with van der Waals surface area (Å²) in [6.45, 7) is 0.293. The fourth-order valence-corrected chi connectivity index (χ4v) is 6.41. The van der Waals surface area contributed by atoms with E-state index in [1.54, 1.807) is 24.4 Å². The average molecular weight is 512 g/mol. The summed E-state index contributed by atoms with van der Waals surface area (Å²) in [5.74, 6) is 0.000336. The number of nitrogens with two attached hydrogens (primary N) is 1. The molecule has 1 amide bonds. The molecule has 3 N–H and O–H groups in total. The average Bonchev–Trinajstić information content (AvgIpc) is 3.26. The molecule has 37 heavy (non-hydrogen) atoms. The zero-order chi connectivity index (χ0) is 26.0. The minimum absolute atomic E-state index is 0.0262. The number of aromatic nitrogens is 1. The number of benzene rings is 3. The van der Waals surface area contributed by atoms with Gasteiger partial charge in [-0.3, -0.25) is 4.79 Å². The summed E-state index contributed by atoms with van der Waals surface area (Å²) in [6.07, 6.45) is 2.31. The number of rotatable bonds is 6. The van der Waals surface area contributed by atoms with Crippen LogP contribution in [0.15, 0.2) is 79.0 Å². The summed E-state index contributed by atoms with van der Waals surface area (Å²) in [7, 11) is -3.54. The number of nitrogens with zero attached hydrogens (tertiary/aromatic N) is 3. The normalized spacial score (nSPS) is 15.8. The van der Waals surface area contributed by atoms with Gasteiger partial charge in [0, 0.05) is 23.8 Å². The maximum atomic E-state index is 13.5. The first-order valence-corrected chi connectivity index (χ1v) is 13.5. The number of fused-ring (bicyclic) bond motifs is 1. The topological polar surface area (TPSA) is 129 Å². The number of hydrogen-bond donors (Lipinski definition) is 2. The van der Waals surface area contributed by atoms with Crippen LogP contribution in [0.25, 0.3) is 21.9 Å². The Kier molecular flexibility index (Phi) is 6.61. The number of hydrogen-bond acceptors (Lipinski definition) is 6. The SMILES string of the molecule is N#Cc1ccccc1-c1ccc(NC(=O)C(Cc2ccc3ccnc(N)c3c2)N2CCCS2(=O)=O)cc1. The van der Waals surface area contributed by atoms with Crippen LogP contribution < -0.4 is 11.1 Å². The number of amides is 1. The first kappa shape index (κ1) is 24.4. The molecule has 0 spiro atoms. The molecule has 1 aliphatic rings. The Hall–Kier alpha value is -4.26. The lowest BCUT2D eigenvalue weighted by Gasteiger charge is -2.26. The molecule has 1 aliphatic heterocycles. The van der Waals surface area contributed by atoms with Gasteiger partial charge in [0.05, 0.1) is 17.4 Å². The molecule has 1 atom stereocenters. The van der Waals surface area contributed by atoms with Crippen molar-refractivity contribution in [2.45, 2.75) is 18.9 Å². The van der Waals surface area contributed by atoms with Gasteiger partial charge in [-0.15, -0.1) is 0 Å². The maximum Gasteiger partial charge on any atom is 0.243 e. The van der Waals surface area contributed by atoms with Crippen LogP contribution in [0.4, 0.5) is 11.5 Å². The van der Waals surface area contributed by atoms with Crippen molar-refractivity contribution in [3.63, 3.8) is 0 Å². The zero-order valence-electron chi connectivity index (χ0n) is 20.0. The van der Waals surface area contributed by atoms with Crippen molar-refractivity contribution in [1.82, 2.24) is 9.29 Å². The van der Waals surface area contributed by atoms with Crippen molar-refractivity contribution in [1.29, 1.82) is 5.26 Å². The molecule has 1 unspecified atom stereocenters. The Morgan fingerprint density at radius 3 is 2.62 bits per heavy atom. The van der Waals surface area contributed by atoms with Crippen LogP contribution in [0, 0.1) is 11.3 Å². The van der Waals surface area contributed by atoms with Crippen LogP contribution in [-0.4, -0.2) is 42.0 Å². The van der Waals surface area contributed by atoms with Gasteiger partial charge >= 0.3 is 0 Å². The van der Waals surface area contributed by atoms with Crippen LogP contribution in [0.3, 0.4) is 0 Å². The number of nitriles is 1. The third-order valence-electron chi connectivity index (χ3n) is 6.59. The van der Waals surface area contributed by atoms with Gasteiger partial charge in [0.25, 0.3) is 0 Å². The van der Waals surface area contributed by atoms with E-state index in [-0.39, 0.29) is 12.2 Å². The molecule has 186 valence electrons. The third-order valence-corrected chi connectivity index (χ3v) is 8.55. The van der Waals surface area contributed by atoms with E-state index in [2.05, 4.69) is 16.4 Å². The summed E-state index contributed by atoms with van der Waals surface area (Å²) >= 11 is 0. The fraction of sp³-hybridized carbons (Fsp3) is 0.179. The molecule has 1 fully saturated rings. The smallest absolute Gasteiger partial charge is 0.243 e. The number of carbonyl (C=O) groups is 1. The van der Waals surface area contributed by atoms with Crippen LogP contribution in [0.2, 0.25) is 0 Å². The van der Waals surface area contributed by atoms with Crippen molar-refractivity contribution >= 4 is 38.2 Å². The Morgan fingerprint density at radius 2 is 1.89 bits per heavy atom. The second kappa shape index (κ2) is 10.0. The van der Waals surface area contributed by atoms with Crippen LogP contribution >= 0.6 is 0 Å². The second-order valence-corrected chi connectivity index (χ2v) is 11.0. The van der Waals surface area contributed by atoms with Crippen molar-refractivity contribution in [2.24, 2.45) is 0 Å². The molecule has 5 rings (SSSR count). The summed E-state index contributed by atoms with van der Waals surface area (Å²) in [5, 5.41) is 14.0. The van der Waals surface area contributed by atoms with Crippen molar-refractivity contribution < 1.29 is 13.2 Å². The summed E-state index contributed by atoms with van der Waals surface area (Å²) < 4.78 is 26.8. The second-order valence-electron chi connectivity index (χ2n) is 8.98. The van der Waals surface area contributed by atoms with E-state index in [4.69, 9.17) is 5.73 Å². The standard InChI is InChI=1S/C28H25N5O3S/c29-18-22-4-1-2-5-24(22)20-8-10-23(11-9-20)32-28(34)26(33-14-3-15-37(33,35)36)17-19-6-7-21-12-13-31-27(30)25(21)16-19/h1-2,4-13,16,26H,3,14-15,17H2,(H2,30,31)(H,32,34). The van der Waals surface area contributed by atoms with E-state index >= 15 is 0 Å². The van der Waals surface area contributed by atoms with E-state index in [0.29, 0.717) is 30.0 Å². The molecule has 2 heterocycles. The quantitative estimate of drug-likeness (QED) is 0.403. The number of carbonyl (C=O) groups excluding carboxylic acids is 1. The largest absolute Gasteiger partial charge is 0.383 e. The lowest BCUT2D eigenvalue weighted by atomic mass is 10.00. The maximum absolute atomic E-state index is 13.5. The van der Waals surface area contributed by atoms with E-state index in [0.717, 1.165) is 27.5 Å². The highest BCUT2D eigenvalue weighted by molar-refractivity contribution is 7.89. The zero-order valence-corrected chi connectivity index (χ0v) is 20.8. The summed E-state index contributed by atoms with van der Waals surface area (Å²) in [4.78, 5) is 17.6. The molecule has 0 bridgehead atoms. The van der Waals surface area contributed by atoms with Gasteiger partial charge < -0.3 is 11.1 Å². The predicted molar refractivity (Wildman–Crippen MR) is 144 cm³/mol. The molecule has 3 aromatic carbocycles. The molecule has 0 saturated carbocycles. The number of anilines is 2. The summed E-state index contributed by atoms with van der Waals surface area (Å²) in [6, 6.07) is 23.2. The lowest BCUT2D eigenvalue weighted by Crippen LogP contribution is -2.46. The van der Waals surface area contributed by atoms with E-state index in [1.807, 2.05) is 54.6 Å². The minimum atomic E-state index is -3.54. The number of sulfonamides is 1.